The second-order valence-electron chi connectivity index (χ2n) is 6.23. The molecule has 1 aliphatic carbocycles. The maximum absolute atomic E-state index is 12.6. The molecule has 0 spiro atoms. The molecule has 7 nitrogen and oxygen atoms in total. The number of carbonyl (C=O) groups is 4. The summed E-state index contributed by atoms with van der Waals surface area (Å²) in [5.41, 5.74) is 1.65. The van der Waals surface area contributed by atoms with Crippen molar-refractivity contribution in [2.24, 2.45) is 0 Å². The van der Waals surface area contributed by atoms with Crippen molar-refractivity contribution in [1.82, 2.24) is 4.98 Å². The molecule has 3 rings (SSSR count). The van der Waals surface area contributed by atoms with Crippen molar-refractivity contribution < 1.29 is 28.7 Å². The highest BCUT2D eigenvalue weighted by atomic mass is 16.6. The molecule has 0 radical (unpaired) electrons. The largest absolute Gasteiger partial charge is 0.463 e. The fourth-order valence-electron chi connectivity index (χ4n) is 3.02. The van der Waals surface area contributed by atoms with E-state index in [9.17, 15) is 19.2 Å². The molecule has 2 aromatic rings. The van der Waals surface area contributed by atoms with E-state index in [0.717, 1.165) is 12.8 Å². The average Bonchev–Trinajstić information content (AvgIpc) is 3.02. The number of unbranched alkanes of at least 4 members (excludes halogenated alkanes) is 1. The Morgan fingerprint density at radius 3 is 2.44 bits per heavy atom. The molecular formula is C20H19NO6. The maximum Gasteiger partial charge on any atom is 0.344 e. The van der Waals surface area contributed by atoms with E-state index in [2.05, 4.69) is 4.98 Å². The Bertz CT molecular complexity index is 940. The molecule has 140 valence electrons. The van der Waals surface area contributed by atoms with Crippen LogP contribution in [-0.4, -0.2) is 41.7 Å². The van der Waals surface area contributed by atoms with Gasteiger partial charge in [0.05, 0.1) is 17.9 Å². The van der Waals surface area contributed by atoms with E-state index in [4.69, 9.17) is 9.47 Å². The number of fused-ring (bicyclic) bond motifs is 3. The number of Topliss-reactive ketones (excluding diaryl/α,β-unsaturated/α-hetero) is 2. The van der Waals surface area contributed by atoms with Gasteiger partial charge in [-0.25, -0.2) is 9.59 Å². The lowest BCUT2D eigenvalue weighted by Crippen LogP contribution is -2.22. The van der Waals surface area contributed by atoms with Gasteiger partial charge in [-0.3, -0.25) is 9.59 Å². The number of carbonyl (C=O) groups excluding carboxylic acids is 4. The predicted molar refractivity (Wildman–Crippen MR) is 95.8 cm³/mol. The molecule has 27 heavy (non-hydrogen) atoms. The van der Waals surface area contributed by atoms with Crippen molar-refractivity contribution in [2.45, 2.75) is 26.7 Å². The highest BCUT2D eigenvalue weighted by Gasteiger charge is 2.36. The first-order valence-corrected chi connectivity index (χ1v) is 8.69. The van der Waals surface area contributed by atoms with E-state index in [1.807, 2.05) is 6.92 Å². The number of ketones is 2. The van der Waals surface area contributed by atoms with Gasteiger partial charge < -0.3 is 14.5 Å². The molecule has 0 saturated carbocycles. The molecule has 1 aromatic carbocycles. The average molecular weight is 369 g/mol. The summed E-state index contributed by atoms with van der Waals surface area (Å²) in [5.74, 6) is -2.72. The van der Waals surface area contributed by atoms with Crippen molar-refractivity contribution in [3.8, 4) is 11.1 Å². The van der Waals surface area contributed by atoms with Gasteiger partial charge in [0.2, 0.25) is 11.6 Å². The normalized spacial score (nSPS) is 12.4. The Morgan fingerprint density at radius 1 is 1.04 bits per heavy atom. The minimum atomic E-state index is -0.755. The van der Waals surface area contributed by atoms with Gasteiger partial charge in [-0.1, -0.05) is 37.6 Å². The van der Waals surface area contributed by atoms with Gasteiger partial charge in [0.1, 0.15) is 0 Å². The van der Waals surface area contributed by atoms with Crippen LogP contribution in [0, 0.1) is 6.92 Å². The Hall–Kier alpha value is -3.22. The topological polar surface area (TPSA) is 103 Å². The number of rotatable bonds is 6. The minimum absolute atomic E-state index is 0.0636. The first-order chi connectivity index (χ1) is 13.0. The van der Waals surface area contributed by atoms with Gasteiger partial charge in [0.25, 0.3) is 0 Å². The number of nitrogens with one attached hydrogen (secondary N) is 1. The highest BCUT2D eigenvalue weighted by Crippen LogP contribution is 2.37. The summed E-state index contributed by atoms with van der Waals surface area (Å²) < 4.78 is 10.0. The number of aromatic amines is 1. The molecule has 0 amide bonds. The minimum Gasteiger partial charge on any atom is -0.463 e. The molecule has 0 atom stereocenters. The number of aromatic nitrogens is 1. The Labute approximate surface area is 155 Å². The second-order valence-corrected chi connectivity index (χ2v) is 6.23. The Kier molecular flexibility index (Phi) is 5.21. The van der Waals surface area contributed by atoms with E-state index < -0.39 is 30.1 Å². The molecule has 0 saturated heterocycles. The van der Waals surface area contributed by atoms with Crippen LogP contribution in [0.3, 0.4) is 0 Å². The number of hydrogen-bond acceptors (Lipinski definition) is 6. The lowest BCUT2D eigenvalue weighted by atomic mass is 9.86. The summed E-state index contributed by atoms with van der Waals surface area (Å²) in [6.45, 7) is 3.33. The number of aryl methyl sites for hydroxylation is 1. The smallest absolute Gasteiger partial charge is 0.344 e. The van der Waals surface area contributed by atoms with Crippen molar-refractivity contribution in [3.63, 3.8) is 0 Å². The molecule has 1 N–H and O–H groups in total. The molecule has 0 fully saturated rings. The zero-order valence-electron chi connectivity index (χ0n) is 15.1. The summed E-state index contributed by atoms with van der Waals surface area (Å²) >= 11 is 0. The molecule has 1 aromatic heterocycles. The second kappa shape index (κ2) is 7.57. The van der Waals surface area contributed by atoms with Crippen LogP contribution in [0.5, 0.6) is 0 Å². The third kappa shape index (κ3) is 3.40. The van der Waals surface area contributed by atoms with E-state index >= 15 is 0 Å². The van der Waals surface area contributed by atoms with Crippen LogP contribution in [0.1, 0.15) is 56.7 Å². The van der Waals surface area contributed by atoms with Gasteiger partial charge in [-0.2, -0.15) is 0 Å². The van der Waals surface area contributed by atoms with Crippen LogP contribution in [0.2, 0.25) is 0 Å². The molecule has 7 heteroatoms. The SMILES string of the molecule is CCCCOC(=O)COC(=O)c1c(C)[nH]c2c1-c1ccccc1C(=O)C2=O. The zero-order chi connectivity index (χ0) is 19.6. The van der Waals surface area contributed by atoms with Gasteiger partial charge in [-0.15, -0.1) is 0 Å². The number of benzene rings is 1. The van der Waals surface area contributed by atoms with E-state index in [1.165, 1.54) is 0 Å². The monoisotopic (exact) mass is 369 g/mol. The van der Waals surface area contributed by atoms with Crippen molar-refractivity contribution in [1.29, 1.82) is 0 Å². The summed E-state index contributed by atoms with van der Waals surface area (Å²) in [4.78, 5) is 51.7. The summed E-state index contributed by atoms with van der Waals surface area (Å²) in [6, 6.07) is 6.58. The molecule has 0 bridgehead atoms. The van der Waals surface area contributed by atoms with E-state index in [1.54, 1.807) is 31.2 Å². The van der Waals surface area contributed by atoms with Gasteiger partial charge >= 0.3 is 11.9 Å². The van der Waals surface area contributed by atoms with Crippen LogP contribution in [0.15, 0.2) is 24.3 Å². The third-order valence-corrected chi connectivity index (χ3v) is 4.35. The number of hydrogen-bond donors (Lipinski definition) is 1. The summed E-state index contributed by atoms with van der Waals surface area (Å²) in [6.07, 6.45) is 1.62. The van der Waals surface area contributed by atoms with E-state index in [-0.39, 0.29) is 23.4 Å². The van der Waals surface area contributed by atoms with Crippen molar-refractivity contribution in [3.05, 3.63) is 46.8 Å². The molecule has 0 aliphatic heterocycles. The maximum atomic E-state index is 12.6. The highest BCUT2D eigenvalue weighted by molar-refractivity contribution is 6.53. The molecule has 1 aliphatic rings. The quantitative estimate of drug-likeness (QED) is 0.477. The number of H-pyrrole nitrogens is 1. The Morgan fingerprint density at radius 2 is 1.74 bits per heavy atom. The lowest BCUT2D eigenvalue weighted by Gasteiger charge is -2.15. The van der Waals surface area contributed by atoms with Gasteiger partial charge in [0.15, 0.2) is 6.61 Å². The van der Waals surface area contributed by atoms with Crippen LogP contribution >= 0.6 is 0 Å². The standard InChI is InChI=1S/C20H19NO6/c1-3-4-9-26-14(22)10-27-20(25)15-11(2)21-17-16(15)12-7-5-6-8-13(12)18(23)19(17)24/h5-8,21H,3-4,9-10H2,1-2H3. The fraction of sp³-hybridized carbons (Fsp3) is 0.300. The number of ether oxygens (including phenoxy) is 2. The van der Waals surface area contributed by atoms with Crippen LogP contribution in [0.25, 0.3) is 11.1 Å². The van der Waals surface area contributed by atoms with Crippen LogP contribution in [-0.2, 0) is 14.3 Å². The van der Waals surface area contributed by atoms with Crippen molar-refractivity contribution >= 4 is 23.5 Å². The predicted octanol–water partition coefficient (Wildman–Crippen LogP) is 2.87. The first kappa shape index (κ1) is 18.6. The zero-order valence-corrected chi connectivity index (χ0v) is 15.1. The molecule has 1 heterocycles. The fourth-order valence-corrected chi connectivity index (χ4v) is 3.02. The summed E-state index contributed by atoms with van der Waals surface area (Å²) in [7, 11) is 0. The number of esters is 2. The Balaban J connectivity index is 1.88. The first-order valence-electron chi connectivity index (χ1n) is 8.69. The van der Waals surface area contributed by atoms with Gasteiger partial charge in [-0.05, 0) is 18.9 Å². The van der Waals surface area contributed by atoms with Crippen molar-refractivity contribution in [2.75, 3.05) is 13.2 Å². The van der Waals surface area contributed by atoms with Crippen LogP contribution in [0.4, 0.5) is 0 Å². The third-order valence-electron chi connectivity index (χ3n) is 4.35. The lowest BCUT2D eigenvalue weighted by molar-refractivity contribution is -0.147. The van der Waals surface area contributed by atoms with Crippen LogP contribution < -0.4 is 0 Å². The summed E-state index contributed by atoms with van der Waals surface area (Å²) in [5, 5.41) is 0. The van der Waals surface area contributed by atoms with E-state index in [0.29, 0.717) is 16.8 Å². The van der Waals surface area contributed by atoms with Gasteiger partial charge in [0, 0.05) is 16.8 Å². The molecular weight excluding hydrogens is 350 g/mol. The molecule has 0 unspecified atom stereocenters.